The molecule has 0 saturated heterocycles. The van der Waals surface area contributed by atoms with E-state index < -0.39 is 30.2 Å². The zero-order valence-electron chi connectivity index (χ0n) is 20.5. The van der Waals surface area contributed by atoms with Crippen molar-refractivity contribution in [3.63, 3.8) is 0 Å². The zero-order valence-corrected chi connectivity index (χ0v) is 21.3. The van der Waals surface area contributed by atoms with Crippen LogP contribution in [-0.2, 0) is 36.0 Å². The number of aryl methyl sites for hydroxylation is 3. The molecule has 0 bridgehead atoms. The Kier molecular flexibility index (Phi) is 7.76. The Hall–Kier alpha value is -3.22. The van der Waals surface area contributed by atoms with Crippen molar-refractivity contribution in [3.05, 3.63) is 29.0 Å². The molecule has 3 aromatic heterocycles. The first kappa shape index (κ1) is 25.9. The van der Waals surface area contributed by atoms with E-state index in [-0.39, 0.29) is 18.9 Å². The maximum Gasteiger partial charge on any atom is 0.326 e. The highest BCUT2D eigenvalue weighted by Gasteiger charge is 2.40. The number of hydrogen-bond acceptors (Lipinski definition) is 7. The molecule has 10 nitrogen and oxygen atoms in total. The van der Waals surface area contributed by atoms with Crippen LogP contribution in [0.3, 0.4) is 0 Å². The summed E-state index contributed by atoms with van der Waals surface area (Å²) in [5.41, 5.74) is 3.60. The van der Waals surface area contributed by atoms with Gasteiger partial charge in [-0.2, -0.15) is 13.9 Å². The lowest BCUT2D eigenvalue weighted by molar-refractivity contribution is -0.148. The largest absolute Gasteiger partial charge is 0.339 e. The number of alkyl halides is 2. The van der Waals surface area contributed by atoms with E-state index in [1.807, 2.05) is 20.9 Å². The minimum atomic E-state index is -3.70. The first-order valence-electron chi connectivity index (χ1n) is 12.0. The summed E-state index contributed by atoms with van der Waals surface area (Å²) in [5, 5.41) is 19.5. The van der Waals surface area contributed by atoms with Crippen molar-refractivity contribution in [2.24, 2.45) is 13.0 Å². The van der Waals surface area contributed by atoms with Crippen molar-refractivity contribution >= 4 is 28.3 Å². The first-order chi connectivity index (χ1) is 17.1. The summed E-state index contributed by atoms with van der Waals surface area (Å²) < 4.78 is 32.6. The smallest absolute Gasteiger partial charge is 0.326 e. The number of nitrogens with zero attached hydrogens (tertiary/aromatic N) is 6. The third-order valence-electron chi connectivity index (χ3n) is 6.08. The average Bonchev–Trinajstić information content (AvgIpc) is 3.56. The van der Waals surface area contributed by atoms with Crippen LogP contribution in [0.2, 0.25) is 0 Å². The summed E-state index contributed by atoms with van der Waals surface area (Å²) in [6.45, 7) is 3.47. The van der Waals surface area contributed by atoms with Crippen LogP contribution in [0.25, 0.3) is 11.4 Å². The molecule has 0 fully saturated rings. The van der Waals surface area contributed by atoms with Gasteiger partial charge in [0.25, 0.3) is 5.91 Å². The van der Waals surface area contributed by atoms with Gasteiger partial charge in [0.15, 0.2) is 5.13 Å². The van der Waals surface area contributed by atoms with Crippen molar-refractivity contribution in [1.29, 1.82) is 0 Å². The fourth-order valence-electron chi connectivity index (χ4n) is 4.33. The van der Waals surface area contributed by atoms with E-state index in [9.17, 15) is 18.4 Å². The Morgan fingerprint density at radius 3 is 2.75 bits per heavy atom. The van der Waals surface area contributed by atoms with Crippen LogP contribution in [-0.4, -0.2) is 53.5 Å². The molecule has 1 aliphatic carbocycles. The third kappa shape index (κ3) is 5.94. The number of fused-ring (bicyclic) bond motifs is 1. The molecule has 194 valence electrons. The Morgan fingerprint density at radius 1 is 1.25 bits per heavy atom. The number of anilines is 1. The normalized spacial score (nSPS) is 14.5. The number of hydrogen-bond donors (Lipinski definition) is 2. The number of aromatic nitrogens is 6. The van der Waals surface area contributed by atoms with Gasteiger partial charge < -0.3 is 10.6 Å². The van der Waals surface area contributed by atoms with Crippen LogP contribution in [0.15, 0.2) is 17.8 Å². The van der Waals surface area contributed by atoms with Crippen molar-refractivity contribution in [3.8, 4) is 11.4 Å². The second-order valence-electron chi connectivity index (χ2n) is 9.41. The molecular weight excluding hydrogens is 490 g/mol. The van der Waals surface area contributed by atoms with Crippen LogP contribution in [0.1, 0.15) is 50.8 Å². The number of amides is 2. The molecule has 2 amide bonds. The Morgan fingerprint density at radius 2 is 2.03 bits per heavy atom. The SMILES string of the molecule is CC(C)CC(NC(=O)C(F)(F)CCn1cc(-c2c3c(nn2C)CCCC3)nn1)C(=O)Nc1nccs1. The van der Waals surface area contributed by atoms with Crippen molar-refractivity contribution < 1.29 is 18.4 Å². The molecule has 0 aromatic carbocycles. The van der Waals surface area contributed by atoms with Crippen LogP contribution in [0, 0.1) is 5.92 Å². The predicted molar refractivity (Wildman–Crippen MR) is 131 cm³/mol. The van der Waals surface area contributed by atoms with Crippen LogP contribution in [0.4, 0.5) is 13.9 Å². The molecule has 0 aliphatic heterocycles. The molecular formula is C23H30F2N8O2S. The number of rotatable bonds is 10. The van der Waals surface area contributed by atoms with Gasteiger partial charge >= 0.3 is 5.92 Å². The third-order valence-corrected chi connectivity index (χ3v) is 6.77. The summed E-state index contributed by atoms with van der Waals surface area (Å²) in [5.74, 6) is -5.78. The van der Waals surface area contributed by atoms with Gasteiger partial charge in [0, 0.05) is 37.2 Å². The molecule has 36 heavy (non-hydrogen) atoms. The van der Waals surface area contributed by atoms with Crippen LogP contribution >= 0.6 is 11.3 Å². The zero-order chi connectivity index (χ0) is 25.9. The van der Waals surface area contributed by atoms with E-state index in [0.717, 1.165) is 42.6 Å². The molecule has 2 N–H and O–H groups in total. The summed E-state index contributed by atoms with van der Waals surface area (Å²) in [7, 11) is 1.84. The topological polar surface area (TPSA) is 120 Å². The van der Waals surface area contributed by atoms with Gasteiger partial charge in [-0.1, -0.05) is 19.1 Å². The molecule has 1 unspecified atom stereocenters. The van der Waals surface area contributed by atoms with Crippen LogP contribution in [0.5, 0.6) is 0 Å². The summed E-state index contributed by atoms with van der Waals surface area (Å²) in [4.78, 5) is 29.0. The second kappa shape index (κ2) is 10.8. The lowest BCUT2D eigenvalue weighted by Gasteiger charge is -2.23. The Balaban J connectivity index is 1.39. The highest BCUT2D eigenvalue weighted by atomic mass is 32.1. The summed E-state index contributed by atoms with van der Waals surface area (Å²) in [6, 6.07) is -1.11. The van der Waals surface area contributed by atoms with Crippen molar-refractivity contribution in [1.82, 2.24) is 35.1 Å². The fourth-order valence-corrected chi connectivity index (χ4v) is 4.86. The molecule has 1 atom stereocenters. The van der Waals surface area contributed by atoms with E-state index >= 15 is 0 Å². The molecule has 0 saturated carbocycles. The quantitative estimate of drug-likeness (QED) is 0.424. The lowest BCUT2D eigenvalue weighted by atomic mass is 9.95. The van der Waals surface area contributed by atoms with Crippen molar-refractivity contribution in [2.75, 3.05) is 5.32 Å². The van der Waals surface area contributed by atoms with E-state index in [2.05, 4.69) is 31.0 Å². The summed E-state index contributed by atoms with van der Waals surface area (Å²) >= 11 is 1.20. The maximum atomic E-state index is 14.8. The Bertz CT molecular complexity index is 1210. The highest BCUT2D eigenvalue weighted by Crippen LogP contribution is 2.30. The van der Waals surface area contributed by atoms with Gasteiger partial charge in [-0.15, -0.1) is 16.4 Å². The molecule has 13 heteroatoms. The molecule has 0 radical (unpaired) electrons. The van der Waals surface area contributed by atoms with E-state index in [4.69, 9.17) is 0 Å². The second-order valence-corrected chi connectivity index (χ2v) is 10.3. The molecule has 1 aliphatic rings. The summed E-state index contributed by atoms with van der Waals surface area (Å²) in [6.07, 6.45) is 6.52. The lowest BCUT2D eigenvalue weighted by Crippen LogP contribution is -2.50. The van der Waals surface area contributed by atoms with Gasteiger partial charge in [-0.25, -0.2) is 4.98 Å². The first-order valence-corrected chi connectivity index (χ1v) is 12.9. The van der Waals surface area contributed by atoms with Gasteiger partial charge in [-0.3, -0.25) is 19.0 Å². The number of thiazole rings is 1. The standard InChI is InChI=1S/C23H30F2N8O2S/c1-14(2)12-17(20(34)28-22-26-9-11-36-22)27-21(35)23(24,25)8-10-33-13-18(29-31-33)19-15-6-4-5-7-16(15)30-32(19)3/h9,11,13-14,17H,4-8,10,12H2,1-3H3,(H,27,35)(H,26,28,34). The van der Waals surface area contributed by atoms with Gasteiger partial charge in [0.2, 0.25) is 5.91 Å². The Labute approximate surface area is 211 Å². The molecule has 4 rings (SSSR count). The predicted octanol–water partition coefficient (Wildman–Crippen LogP) is 3.21. The van der Waals surface area contributed by atoms with Gasteiger partial charge in [0.05, 0.1) is 17.6 Å². The number of carbonyl (C=O) groups excluding carboxylic acids is 2. The molecule has 0 spiro atoms. The van der Waals surface area contributed by atoms with E-state index in [0.29, 0.717) is 10.8 Å². The van der Waals surface area contributed by atoms with Gasteiger partial charge in [0.1, 0.15) is 11.7 Å². The molecule has 3 heterocycles. The number of nitrogens with one attached hydrogen (secondary N) is 2. The average molecular weight is 521 g/mol. The van der Waals surface area contributed by atoms with E-state index in [1.54, 1.807) is 16.3 Å². The minimum absolute atomic E-state index is 0.00251. The highest BCUT2D eigenvalue weighted by molar-refractivity contribution is 7.13. The monoisotopic (exact) mass is 520 g/mol. The number of carbonyl (C=O) groups is 2. The van der Waals surface area contributed by atoms with E-state index in [1.165, 1.54) is 22.2 Å². The maximum absolute atomic E-state index is 14.8. The van der Waals surface area contributed by atoms with Gasteiger partial charge in [-0.05, 0) is 38.0 Å². The fraction of sp³-hybridized carbons (Fsp3) is 0.565. The van der Waals surface area contributed by atoms with Crippen LogP contribution < -0.4 is 10.6 Å². The number of halogens is 2. The molecule has 3 aromatic rings. The minimum Gasteiger partial charge on any atom is -0.339 e. The van der Waals surface area contributed by atoms with Crippen molar-refractivity contribution in [2.45, 2.75) is 70.9 Å².